The minimum Gasteiger partial charge on any atom is -0.380 e. The second-order valence-corrected chi connectivity index (χ2v) is 4.57. The number of nitrogens with two attached hydrogens (primary N) is 1. The minimum atomic E-state index is -0.0298. The molecule has 0 aliphatic rings. The summed E-state index contributed by atoms with van der Waals surface area (Å²) in [7, 11) is 0. The van der Waals surface area contributed by atoms with Gasteiger partial charge in [0.2, 0.25) is 0 Å². The summed E-state index contributed by atoms with van der Waals surface area (Å²) in [5.41, 5.74) is 7.50. The first-order valence-electron chi connectivity index (χ1n) is 5.69. The van der Waals surface area contributed by atoms with Crippen LogP contribution < -0.4 is 5.73 Å². The van der Waals surface area contributed by atoms with Gasteiger partial charge in [-0.05, 0) is 11.8 Å². The summed E-state index contributed by atoms with van der Waals surface area (Å²) in [5, 5.41) is 3.79. The Morgan fingerprint density at radius 3 is 2.59 bits per heavy atom. The molecule has 0 amide bonds. The van der Waals surface area contributed by atoms with E-state index < -0.39 is 0 Å². The smallest absolute Gasteiger partial charge is 0.174 e. The van der Waals surface area contributed by atoms with Crippen molar-refractivity contribution in [2.24, 2.45) is 5.41 Å². The highest BCUT2D eigenvalue weighted by molar-refractivity contribution is 5.78. The van der Waals surface area contributed by atoms with E-state index in [1.165, 1.54) is 0 Å². The normalized spacial score (nSPS) is 12.5. The molecule has 17 heavy (non-hydrogen) atoms. The molecule has 0 bridgehead atoms. The number of hydrogen-bond donors (Lipinski definition) is 1. The number of nitrogen functional groups attached to an aromatic ring is 1. The van der Waals surface area contributed by atoms with Crippen molar-refractivity contribution in [1.29, 1.82) is 0 Å². The largest absolute Gasteiger partial charge is 0.380 e. The van der Waals surface area contributed by atoms with Crippen molar-refractivity contribution in [2.45, 2.75) is 27.2 Å². The molecular formula is C14H20N2O. The molecule has 0 radical (unpaired) electrons. The van der Waals surface area contributed by atoms with E-state index in [-0.39, 0.29) is 5.41 Å². The summed E-state index contributed by atoms with van der Waals surface area (Å²) in [6.45, 7) is 13.9. The maximum Gasteiger partial charge on any atom is 0.174 e. The van der Waals surface area contributed by atoms with Crippen molar-refractivity contribution in [3.8, 4) is 0 Å². The zero-order valence-electron chi connectivity index (χ0n) is 10.8. The number of rotatable bonds is 5. The highest BCUT2D eigenvalue weighted by Gasteiger charge is 2.27. The van der Waals surface area contributed by atoms with Crippen molar-refractivity contribution >= 4 is 17.5 Å². The van der Waals surface area contributed by atoms with E-state index in [2.05, 4.69) is 39.1 Å². The Morgan fingerprint density at radius 1 is 1.47 bits per heavy atom. The van der Waals surface area contributed by atoms with Crippen LogP contribution >= 0.6 is 0 Å². The van der Waals surface area contributed by atoms with Gasteiger partial charge in [0.25, 0.3) is 0 Å². The van der Waals surface area contributed by atoms with Crippen LogP contribution in [0.15, 0.2) is 29.8 Å². The maximum absolute atomic E-state index is 5.74. The Labute approximate surface area is 103 Å². The highest BCUT2D eigenvalue weighted by atomic mass is 16.5. The first kappa shape index (κ1) is 13.3. The molecule has 0 fully saturated rings. The molecule has 0 spiro atoms. The molecule has 0 aliphatic heterocycles. The molecule has 0 saturated carbocycles. The lowest BCUT2D eigenvalue weighted by Crippen LogP contribution is -2.12. The van der Waals surface area contributed by atoms with Crippen LogP contribution in [0.2, 0.25) is 0 Å². The van der Waals surface area contributed by atoms with E-state index in [0.29, 0.717) is 11.6 Å². The molecule has 0 unspecified atom stereocenters. The second kappa shape index (κ2) is 5.04. The lowest BCUT2D eigenvalue weighted by Gasteiger charge is -2.25. The van der Waals surface area contributed by atoms with E-state index in [1.807, 2.05) is 6.08 Å². The third kappa shape index (κ3) is 2.49. The van der Waals surface area contributed by atoms with Crippen molar-refractivity contribution in [3.63, 3.8) is 0 Å². The maximum atomic E-state index is 5.74. The van der Waals surface area contributed by atoms with Crippen molar-refractivity contribution in [2.75, 3.05) is 5.73 Å². The van der Waals surface area contributed by atoms with Crippen LogP contribution in [0, 0.1) is 5.41 Å². The Bertz CT molecular complexity index is 453. The SMILES string of the molecule is C=C/C=C(\c1onc(N)c1C=C)C(C)(C)CC. The average molecular weight is 232 g/mol. The molecule has 1 aromatic heterocycles. The topological polar surface area (TPSA) is 52.0 Å². The van der Waals surface area contributed by atoms with E-state index in [0.717, 1.165) is 17.6 Å². The van der Waals surface area contributed by atoms with Gasteiger partial charge >= 0.3 is 0 Å². The van der Waals surface area contributed by atoms with Crippen LogP contribution in [0.1, 0.15) is 38.5 Å². The third-order valence-corrected chi connectivity index (χ3v) is 3.10. The van der Waals surface area contributed by atoms with E-state index >= 15 is 0 Å². The summed E-state index contributed by atoms with van der Waals surface area (Å²) < 4.78 is 5.33. The molecule has 1 rings (SSSR count). The van der Waals surface area contributed by atoms with Crippen molar-refractivity contribution in [3.05, 3.63) is 36.6 Å². The van der Waals surface area contributed by atoms with Crippen LogP contribution in [-0.2, 0) is 0 Å². The molecule has 0 atom stereocenters. The third-order valence-electron chi connectivity index (χ3n) is 3.10. The van der Waals surface area contributed by atoms with Crippen LogP contribution in [0.25, 0.3) is 11.6 Å². The standard InChI is InChI=1S/C14H20N2O/c1-6-9-11(14(4,5)8-3)12-10(7-2)13(15)16-17-12/h6-7,9H,1-2,8H2,3-5H3,(H2,15,16)/b11-9+. The molecule has 2 N–H and O–H groups in total. The lowest BCUT2D eigenvalue weighted by atomic mass is 9.79. The minimum absolute atomic E-state index is 0.0298. The molecule has 3 heteroatoms. The molecule has 1 aromatic rings. The first-order chi connectivity index (χ1) is 7.97. The number of anilines is 1. The number of allylic oxidation sites excluding steroid dienone is 3. The average Bonchev–Trinajstić information content (AvgIpc) is 2.66. The zero-order chi connectivity index (χ0) is 13.1. The predicted molar refractivity (Wildman–Crippen MR) is 73.3 cm³/mol. The molecule has 3 nitrogen and oxygen atoms in total. The Kier molecular flexibility index (Phi) is 3.94. The number of nitrogens with zero attached hydrogens (tertiary/aromatic N) is 1. The van der Waals surface area contributed by atoms with Crippen molar-refractivity contribution < 1.29 is 4.52 Å². The van der Waals surface area contributed by atoms with Gasteiger partial charge in [0.1, 0.15) is 0 Å². The summed E-state index contributed by atoms with van der Waals surface area (Å²) in [5.74, 6) is 1.06. The summed E-state index contributed by atoms with van der Waals surface area (Å²) in [6.07, 6.45) is 6.34. The van der Waals surface area contributed by atoms with Crippen LogP contribution in [-0.4, -0.2) is 5.16 Å². The Balaban J connectivity index is 3.39. The van der Waals surface area contributed by atoms with E-state index in [9.17, 15) is 0 Å². The van der Waals surface area contributed by atoms with Gasteiger partial charge in [-0.15, -0.1) is 0 Å². The van der Waals surface area contributed by atoms with Gasteiger partial charge in [-0.3, -0.25) is 0 Å². The fourth-order valence-electron chi connectivity index (χ4n) is 1.62. The van der Waals surface area contributed by atoms with Gasteiger partial charge in [0.05, 0.1) is 5.56 Å². The summed E-state index contributed by atoms with van der Waals surface area (Å²) in [6, 6.07) is 0. The van der Waals surface area contributed by atoms with Gasteiger partial charge < -0.3 is 10.3 Å². The summed E-state index contributed by atoms with van der Waals surface area (Å²) >= 11 is 0. The van der Waals surface area contributed by atoms with Crippen LogP contribution in [0.3, 0.4) is 0 Å². The molecule has 0 aliphatic carbocycles. The number of aromatic nitrogens is 1. The van der Waals surface area contributed by atoms with Crippen LogP contribution in [0.4, 0.5) is 5.82 Å². The molecule has 92 valence electrons. The number of hydrogen-bond acceptors (Lipinski definition) is 3. The Hall–Kier alpha value is -1.77. The van der Waals surface area contributed by atoms with Gasteiger partial charge in [0, 0.05) is 5.57 Å². The summed E-state index contributed by atoms with van der Waals surface area (Å²) in [4.78, 5) is 0. The van der Waals surface area contributed by atoms with Crippen LogP contribution in [0.5, 0.6) is 0 Å². The van der Waals surface area contributed by atoms with Gasteiger partial charge in [-0.1, -0.05) is 57.3 Å². The van der Waals surface area contributed by atoms with Crippen molar-refractivity contribution in [1.82, 2.24) is 5.16 Å². The van der Waals surface area contributed by atoms with Gasteiger partial charge in [-0.25, -0.2) is 0 Å². The van der Waals surface area contributed by atoms with E-state index in [4.69, 9.17) is 10.3 Å². The lowest BCUT2D eigenvalue weighted by molar-refractivity contribution is 0.391. The first-order valence-corrected chi connectivity index (χ1v) is 5.69. The van der Waals surface area contributed by atoms with E-state index in [1.54, 1.807) is 12.2 Å². The van der Waals surface area contributed by atoms with Gasteiger partial charge in [-0.2, -0.15) is 0 Å². The molecule has 0 saturated heterocycles. The quantitative estimate of drug-likeness (QED) is 0.783. The Morgan fingerprint density at radius 2 is 2.12 bits per heavy atom. The fourth-order valence-corrected chi connectivity index (χ4v) is 1.62. The highest BCUT2D eigenvalue weighted by Crippen LogP contribution is 2.40. The molecule has 1 heterocycles. The predicted octanol–water partition coefficient (Wildman–Crippen LogP) is 3.91. The van der Waals surface area contributed by atoms with Gasteiger partial charge in [0.15, 0.2) is 11.6 Å². The molecule has 0 aromatic carbocycles. The second-order valence-electron chi connectivity index (χ2n) is 4.57. The molecular weight excluding hydrogens is 212 g/mol. The zero-order valence-corrected chi connectivity index (χ0v) is 10.8. The monoisotopic (exact) mass is 232 g/mol. The fraction of sp³-hybridized carbons (Fsp3) is 0.357.